The molecule has 33 valence electrons. The van der Waals surface area contributed by atoms with E-state index in [9.17, 15) is 0 Å². The van der Waals surface area contributed by atoms with Crippen molar-refractivity contribution in [3.63, 3.8) is 0 Å². The van der Waals surface area contributed by atoms with Gasteiger partial charge in [0.2, 0.25) is 0 Å². The molecule has 3 heteroatoms. The lowest BCUT2D eigenvalue weighted by molar-refractivity contribution is 1.39. The van der Waals surface area contributed by atoms with Gasteiger partial charge in [0.1, 0.15) is 10.9 Å². The standard InChI is InChI=1S/C4HN2S/c5-1-4-2-6-3-7-4/h2H. The van der Waals surface area contributed by atoms with E-state index < -0.39 is 0 Å². The molecular weight excluding hydrogens is 108 g/mol. The molecule has 1 rings (SSSR count). The first-order valence-corrected chi connectivity index (χ1v) is 2.47. The van der Waals surface area contributed by atoms with E-state index in [0.717, 1.165) is 0 Å². The Morgan fingerprint density at radius 3 is 3.14 bits per heavy atom. The first kappa shape index (κ1) is 4.28. The van der Waals surface area contributed by atoms with E-state index in [1.165, 1.54) is 17.5 Å². The van der Waals surface area contributed by atoms with Crippen LogP contribution in [0, 0.1) is 16.8 Å². The normalized spacial score (nSPS) is 7.86. The SMILES string of the molecule is N#Cc1cn[c]s1. The fourth-order valence-corrected chi connectivity index (χ4v) is 0.593. The summed E-state index contributed by atoms with van der Waals surface area (Å²) >= 11 is 1.23. The Morgan fingerprint density at radius 1 is 2.00 bits per heavy atom. The number of thiazole rings is 1. The van der Waals surface area contributed by atoms with Gasteiger partial charge < -0.3 is 0 Å². The summed E-state index contributed by atoms with van der Waals surface area (Å²) in [5.41, 5.74) is 2.55. The van der Waals surface area contributed by atoms with Crippen molar-refractivity contribution < 1.29 is 0 Å². The number of hydrogen-bond donors (Lipinski definition) is 0. The summed E-state index contributed by atoms with van der Waals surface area (Å²) in [6, 6.07) is 1.93. The highest BCUT2D eigenvalue weighted by Crippen LogP contribution is 1.99. The van der Waals surface area contributed by atoms with Crippen LogP contribution in [0.25, 0.3) is 0 Å². The molecule has 1 aromatic rings. The second kappa shape index (κ2) is 1.71. The molecule has 1 aromatic heterocycles. The third kappa shape index (κ3) is 0.756. The molecule has 0 fully saturated rings. The molecule has 2 nitrogen and oxygen atoms in total. The van der Waals surface area contributed by atoms with Gasteiger partial charge in [-0.2, -0.15) is 5.26 Å². The summed E-state index contributed by atoms with van der Waals surface area (Å²) < 4.78 is 0. The van der Waals surface area contributed by atoms with Crippen LogP contribution >= 0.6 is 11.3 Å². The Bertz CT molecular complexity index is 172. The Kier molecular flexibility index (Phi) is 1.05. The fourth-order valence-electron chi connectivity index (χ4n) is 0.239. The first-order chi connectivity index (χ1) is 3.43. The van der Waals surface area contributed by atoms with Crippen molar-refractivity contribution in [3.05, 3.63) is 16.6 Å². The van der Waals surface area contributed by atoms with Gasteiger partial charge in [-0.05, 0) is 0 Å². The van der Waals surface area contributed by atoms with Gasteiger partial charge in [-0.25, -0.2) is 4.98 Å². The van der Waals surface area contributed by atoms with Crippen molar-refractivity contribution in [1.29, 1.82) is 5.26 Å². The minimum Gasteiger partial charge on any atom is -0.241 e. The maximum atomic E-state index is 8.13. The molecule has 0 bridgehead atoms. The highest BCUT2D eigenvalue weighted by Gasteiger charge is 1.85. The van der Waals surface area contributed by atoms with Crippen molar-refractivity contribution in [2.75, 3.05) is 0 Å². The van der Waals surface area contributed by atoms with Crippen molar-refractivity contribution >= 4 is 11.3 Å². The summed E-state index contributed by atoms with van der Waals surface area (Å²) in [5.74, 6) is 0. The Hall–Kier alpha value is -0.880. The third-order valence-electron chi connectivity index (χ3n) is 0.500. The molecule has 0 aliphatic heterocycles. The van der Waals surface area contributed by atoms with Gasteiger partial charge in [0.05, 0.1) is 6.20 Å². The molecular formula is C4HN2S. The van der Waals surface area contributed by atoms with Gasteiger partial charge in [0.15, 0.2) is 5.51 Å². The van der Waals surface area contributed by atoms with E-state index in [-0.39, 0.29) is 0 Å². The van der Waals surface area contributed by atoms with Crippen LogP contribution in [-0.2, 0) is 0 Å². The number of nitrogens with zero attached hydrogens (tertiary/aromatic N) is 2. The predicted octanol–water partition coefficient (Wildman–Crippen LogP) is 0.815. The number of rotatable bonds is 0. The highest BCUT2D eigenvalue weighted by molar-refractivity contribution is 7.09. The number of nitriles is 1. The second-order valence-corrected chi connectivity index (χ2v) is 1.75. The van der Waals surface area contributed by atoms with E-state index >= 15 is 0 Å². The molecule has 0 aliphatic carbocycles. The monoisotopic (exact) mass is 109 g/mol. The summed E-state index contributed by atoms with van der Waals surface area (Å²) in [5, 5.41) is 8.13. The van der Waals surface area contributed by atoms with E-state index in [1.807, 2.05) is 6.07 Å². The van der Waals surface area contributed by atoms with E-state index in [2.05, 4.69) is 10.5 Å². The largest absolute Gasteiger partial charge is 0.241 e. The van der Waals surface area contributed by atoms with Crippen LogP contribution in [0.2, 0.25) is 0 Å². The number of aromatic nitrogens is 1. The zero-order chi connectivity index (χ0) is 5.11. The quantitative estimate of drug-likeness (QED) is 0.494. The number of hydrogen-bond acceptors (Lipinski definition) is 3. The van der Waals surface area contributed by atoms with Gasteiger partial charge >= 0.3 is 0 Å². The topological polar surface area (TPSA) is 36.7 Å². The lowest BCUT2D eigenvalue weighted by Crippen LogP contribution is -1.53. The molecule has 0 saturated carbocycles. The van der Waals surface area contributed by atoms with E-state index in [1.54, 1.807) is 0 Å². The lowest BCUT2D eigenvalue weighted by Gasteiger charge is -1.59. The third-order valence-corrected chi connectivity index (χ3v) is 1.11. The second-order valence-electron chi connectivity index (χ2n) is 0.928. The molecule has 0 atom stereocenters. The Balaban J connectivity index is 3.04. The summed E-state index contributed by atoms with van der Waals surface area (Å²) in [6.45, 7) is 0. The molecule has 0 aromatic carbocycles. The zero-order valence-corrected chi connectivity index (χ0v) is 4.20. The Labute approximate surface area is 45.0 Å². The summed E-state index contributed by atoms with van der Waals surface area (Å²) in [6.07, 6.45) is 1.49. The lowest BCUT2D eigenvalue weighted by atomic mass is 10.6. The van der Waals surface area contributed by atoms with Gasteiger partial charge in [0, 0.05) is 0 Å². The minimum absolute atomic E-state index is 0.611. The molecule has 0 saturated heterocycles. The van der Waals surface area contributed by atoms with Crippen molar-refractivity contribution in [2.24, 2.45) is 0 Å². The van der Waals surface area contributed by atoms with Gasteiger partial charge in [-0.15, -0.1) is 11.3 Å². The predicted molar refractivity (Wildman–Crippen MR) is 25.7 cm³/mol. The average molecular weight is 109 g/mol. The van der Waals surface area contributed by atoms with Gasteiger partial charge in [-0.1, -0.05) is 0 Å². The fraction of sp³-hybridized carbons (Fsp3) is 0. The zero-order valence-electron chi connectivity index (χ0n) is 3.38. The van der Waals surface area contributed by atoms with Crippen LogP contribution in [0.4, 0.5) is 0 Å². The molecule has 0 aliphatic rings. The van der Waals surface area contributed by atoms with Crippen LogP contribution in [-0.4, -0.2) is 4.98 Å². The summed E-state index contributed by atoms with van der Waals surface area (Å²) in [7, 11) is 0. The van der Waals surface area contributed by atoms with Crippen molar-refractivity contribution in [2.45, 2.75) is 0 Å². The van der Waals surface area contributed by atoms with Crippen LogP contribution in [0.15, 0.2) is 6.20 Å². The van der Waals surface area contributed by atoms with Crippen LogP contribution < -0.4 is 0 Å². The van der Waals surface area contributed by atoms with Crippen LogP contribution in [0.3, 0.4) is 0 Å². The molecule has 1 heterocycles. The maximum Gasteiger partial charge on any atom is 0.153 e. The average Bonchev–Trinajstić information content (AvgIpc) is 2.14. The smallest absolute Gasteiger partial charge is 0.153 e. The molecule has 0 spiro atoms. The molecule has 7 heavy (non-hydrogen) atoms. The molecule has 0 unspecified atom stereocenters. The van der Waals surface area contributed by atoms with Crippen molar-refractivity contribution in [3.8, 4) is 6.07 Å². The molecule has 0 N–H and O–H groups in total. The first-order valence-electron chi connectivity index (χ1n) is 1.65. The molecule has 1 radical (unpaired) electrons. The van der Waals surface area contributed by atoms with E-state index in [0.29, 0.717) is 4.88 Å². The Morgan fingerprint density at radius 2 is 2.86 bits per heavy atom. The highest BCUT2D eigenvalue weighted by atomic mass is 32.1. The van der Waals surface area contributed by atoms with Gasteiger partial charge in [-0.3, -0.25) is 0 Å². The molecule has 0 amide bonds. The minimum atomic E-state index is 0.611. The maximum absolute atomic E-state index is 8.13. The van der Waals surface area contributed by atoms with E-state index in [4.69, 9.17) is 5.26 Å². The summed E-state index contributed by atoms with van der Waals surface area (Å²) in [4.78, 5) is 4.18. The van der Waals surface area contributed by atoms with Gasteiger partial charge in [0.25, 0.3) is 0 Å². The van der Waals surface area contributed by atoms with Crippen LogP contribution in [0.5, 0.6) is 0 Å². The van der Waals surface area contributed by atoms with Crippen LogP contribution in [0.1, 0.15) is 4.88 Å². The van der Waals surface area contributed by atoms with Crippen molar-refractivity contribution in [1.82, 2.24) is 4.98 Å².